The number of rotatable bonds is 6. The first kappa shape index (κ1) is 31.4. The number of para-hydroxylation sites is 3. The maximum Gasteiger partial charge on any atom is 0.0541 e. The van der Waals surface area contributed by atoms with Crippen LogP contribution in [0.5, 0.6) is 0 Å². The second-order valence-corrected chi connectivity index (χ2v) is 14.9. The van der Waals surface area contributed by atoms with Crippen LogP contribution in [-0.4, -0.2) is 4.57 Å². The molecule has 0 radical (unpaired) electrons. The molecule has 0 amide bonds. The molecule has 0 fully saturated rings. The third kappa shape index (κ3) is 5.17. The first-order valence-corrected chi connectivity index (χ1v) is 18.7. The molecule has 2 heteroatoms. The molecule has 2 aliphatic rings. The van der Waals surface area contributed by atoms with Gasteiger partial charge in [0.25, 0.3) is 0 Å². The summed E-state index contributed by atoms with van der Waals surface area (Å²) in [4.78, 5) is 2.39. The summed E-state index contributed by atoms with van der Waals surface area (Å²) >= 11 is 0. The van der Waals surface area contributed by atoms with Crippen molar-refractivity contribution in [2.24, 2.45) is 0 Å². The fourth-order valence-corrected chi connectivity index (χ4v) is 8.82. The van der Waals surface area contributed by atoms with E-state index < -0.39 is 0 Å². The minimum Gasteiger partial charge on any atom is -0.310 e. The van der Waals surface area contributed by atoms with Crippen LogP contribution in [0.25, 0.3) is 49.8 Å². The summed E-state index contributed by atoms with van der Waals surface area (Å²) in [5, 5.41) is 2.57. The number of anilines is 3. The Morgan fingerprint density at radius 2 is 1.15 bits per heavy atom. The van der Waals surface area contributed by atoms with Gasteiger partial charge in [0.2, 0.25) is 0 Å². The molecule has 1 heterocycles. The molecule has 7 aromatic carbocycles. The van der Waals surface area contributed by atoms with E-state index in [-0.39, 0.29) is 5.41 Å². The Morgan fingerprint density at radius 1 is 0.509 bits per heavy atom. The lowest BCUT2D eigenvalue weighted by molar-refractivity contribution is 0.660. The molecule has 0 bridgehead atoms. The molecule has 8 aromatic rings. The minimum absolute atomic E-state index is 0.0592. The van der Waals surface area contributed by atoms with E-state index >= 15 is 0 Å². The molecule has 0 aliphatic heterocycles. The van der Waals surface area contributed by atoms with E-state index in [1.54, 1.807) is 0 Å². The summed E-state index contributed by atoms with van der Waals surface area (Å²) in [5.74, 6) is 0. The summed E-state index contributed by atoms with van der Waals surface area (Å²) < 4.78 is 2.38. The molecular weight excluding hydrogens is 641 g/mol. The highest BCUT2D eigenvalue weighted by atomic mass is 15.1. The topological polar surface area (TPSA) is 8.17 Å². The molecule has 53 heavy (non-hydrogen) atoms. The lowest BCUT2D eigenvalue weighted by Gasteiger charge is -2.28. The predicted molar refractivity (Wildman–Crippen MR) is 225 cm³/mol. The van der Waals surface area contributed by atoms with E-state index in [1.165, 1.54) is 77.7 Å². The normalized spacial score (nSPS) is 14.5. The van der Waals surface area contributed by atoms with Crippen LogP contribution in [0.3, 0.4) is 0 Å². The van der Waals surface area contributed by atoms with Crippen molar-refractivity contribution in [3.05, 3.63) is 204 Å². The zero-order chi connectivity index (χ0) is 35.5. The van der Waals surface area contributed by atoms with E-state index in [4.69, 9.17) is 0 Å². The quantitative estimate of drug-likeness (QED) is 0.170. The molecule has 1 aromatic heterocycles. The second kappa shape index (κ2) is 12.4. The van der Waals surface area contributed by atoms with Gasteiger partial charge in [-0.3, -0.25) is 0 Å². The Kier molecular flexibility index (Phi) is 7.33. The van der Waals surface area contributed by atoms with Crippen molar-refractivity contribution in [3.63, 3.8) is 0 Å². The molecule has 2 aliphatic carbocycles. The first-order valence-electron chi connectivity index (χ1n) is 18.7. The third-order valence-corrected chi connectivity index (χ3v) is 11.5. The summed E-state index contributed by atoms with van der Waals surface area (Å²) in [7, 11) is 0. The maximum atomic E-state index is 2.41. The molecule has 0 unspecified atom stereocenters. The smallest absolute Gasteiger partial charge is 0.0541 e. The average Bonchev–Trinajstić information content (AvgIpc) is 3.67. The molecule has 0 N–H and O–H groups in total. The summed E-state index contributed by atoms with van der Waals surface area (Å²) in [6.45, 7) is 4.70. The number of nitrogens with zero attached hydrogens (tertiary/aromatic N) is 2. The van der Waals surface area contributed by atoms with Gasteiger partial charge in [-0.05, 0) is 124 Å². The number of hydrogen-bond acceptors (Lipinski definition) is 1. The van der Waals surface area contributed by atoms with Crippen LogP contribution in [0, 0.1) is 0 Å². The van der Waals surface area contributed by atoms with Crippen LogP contribution >= 0.6 is 0 Å². The predicted octanol–water partition coefficient (Wildman–Crippen LogP) is 13.8. The first-order chi connectivity index (χ1) is 26.0. The van der Waals surface area contributed by atoms with Gasteiger partial charge in [0, 0.05) is 38.9 Å². The largest absolute Gasteiger partial charge is 0.310 e. The Morgan fingerprint density at radius 3 is 1.98 bits per heavy atom. The van der Waals surface area contributed by atoms with Crippen molar-refractivity contribution in [3.8, 4) is 16.8 Å². The Balaban J connectivity index is 0.996. The van der Waals surface area contributed by atoms with Crippen molar-refractivity contribution in [1.29, 1.82) is 0 Å². The number of fused-ring (bicyclic) bond motifs is 6. The average molecular weight is 681 g/mol. The van der Waals surface area contributed by atoms with Gasteiger partial charge in [0.15, 0.2) is 0 Å². The van der Waals surface area contributed by atoms with Crippen molar-refractivity contribution >= 4 is 50.0 Å². The second-order valence-electron chi connectivity index (χ2n) is 14.9. The SMILES string of the molecule is CC1(C)c2ccccc2-c2ccc(N(c3ccccc3)c3ccc(C4=CC(c5ccc6c(c5)c5ccccc5n6-c5ccccc5)=CCC4)cc3)cc21. The standard InChI is InChI=1S/C51H40N2/c1-51(2)47-22-11-9-20-43(47)44-30-29-42(34-48(44)51)52(39-16-5-3-6-17-39)41-27-24-35(25-28-41)36-14-13-15-37(32-36)38-26-31-50-46(33-38)45-21-10-12-23-49(45)53(50)40-18-7-4-8-19-40/h3-12,15-34H,13-14H2,1-2H3. The summed E-state index contributed by atoms with van der Waals surface area (Å²) in [5.41, 5.74) is 17.8. The molecule has 10 rings (SSSR count). The summed E-state index contributed by atoms with van der Waals surface area (Å²) in [6.07, 6.45) is 6.86. The Bertz CT molecular complexity index is 2730. The van der Waals surface area contributed by atoms with Crippen molar-refractivity contribution in [2.45, 2.75) is 32.1 Å². The molecule has 254 valence electrons. The van der Waals surface area contributed by atoms with Gasteiger partial charge in [-0.2, -0.15) is 0 Å². The molecule has 0 saturated heterocycles. The van der Waals surface area contributed by atoms with E-state index in [9.17, 15) is 0 Å². The number of aromatic nitrogens is 1. The van der Waals surface area contributed by atoms with Crippen LogP contribution in [0.1, 0.15) is 48.9 Å². The maximum absolute atomic E-state index is 2.41. The van der Waals surface area contributed by atoms with Gasteiger partial charge in [-0.15, -0.1) is 0 Å². The zero-order valence-corrected chi connectivity index (χ0v) is 30.1. The van der Waals surface area contributed by atoms with E-state index in [1.807, 2.05) is 0 Å². The lowest BCUT2D eigenvalue weighted by Crippen LogP contribution is -2.16. The van der Waals surface area contributed by atoms with Crippen molar-refractivity contribution < 1.29 is 0 Å². The number of benzene rings is 7. The highest BCUT2D eigenvalue weighted by molar-refractivity contribution is 6.10. The number of allylic oxidation sites excluding steroid dienone is 4. The number of hydrogen-bond donors (Lipinski definition) is 0. The van der Waals surface area contributed by atoms with E-state index in [0.717, 1.165) is 24.2 Å². The van der Waals surface area contributed by atoms with E-state index in [0.29, 0.717) is 0 Å². The van der Waals surface area contributed by atoms with Crippen LogP contribution < -0.4 is 4.90 Å². The Hall–Kier alpha value is -6.38. The zero-order valence-electron chi connectivity index (χ0n) is 30.1. The van der Waals surface area contributed by atoms with Crippen molar-refractivity contribution in [1.82, 2.24) is 4.57 Å². The highest BCUT2D eigenvalue weighted by Gasteiger charge is 2.35. The van der Waals surface area contributed by atoms with Crippen LogP contribution in [0.4, 0.5) is 17.1 Å². The Labute approximate surface area is 311 Å². The fraction of sp³-hybridized carbons (Fsp3) is 0.0980. The van der Waals surface area contributed by atoms with Crippen LogP contribution in [-0.2, 0) is 5.41 Å². The molecule has 0 spiro atoms. The van der Waals surface area contributed by atoms with Gasteiger partial charge in [-0.1, -0.05) is 129 Å². The molecule has 2 nitrogen and oxygen atoms in total. The van der Waals surface area contributed by atoms with Gasteiger partial charge < -0.3 is 9.47 Å². The monoisotopic (exact) mass is 680 g/mol. The summed E-state index contributed by atoms with van der Waals surface area (Å²) in [6, 6.07) is 62.3. The van der Waals surface area contributed by atoms with E-state index in [2.05, 4.69) is 205 Å². The van der Waals surface area contributed by atoms with Gasteiger partial charge in [-0.25, -0.2) is 0 Å². The van der Waals surface area contributed by atoms with Crippen LogP contribution in [0.15, 0.2) is 182 Å². The minimum atomic E-state index is -0.0592. The molecule has 0 atom stereocenters. The fourth-order valence-electron chi connectivity index (χ4n) is 8.82. The van der Waals surface area contributed by atoms with Gasteiger partial charge >= 0.3 is 0 Å². The van der Waals surface area contributed by atoms with Gasteiger partial charge in [0.1, 0.15) is 0 Å². The molecular formula is C51H40N2. The highest BCUT2D eigenvalue weighted by Crippen LogP contribution is 2.50. The van der Waals surface area contributed by atoms with Crippen LogP contribution in [0.2, 0.25) is 0 Å². The van der Waals surface area contributed by atoms with Gasteiger partial charge in [0.05, 0.1) is 11.0 Å². The van der Waals surface area contributed by atoms with Crippen molar-refractivity contribution in [2.75, 3.05) is 4.90 Å². The third-order valence-electron chi connectivity index (χ3n) is 11.5. The lowest BCUT2D eigenvalue weighted by atomic mass is 9.82. The molecule has 0 saturated carbocycles.